The molecule has 0 heterocycles. The second-order valence-corrected chi connectivity index (χ2v) is 4.71. The number of nitrogens with two attached hydrogens (primary N) is 1. The molecule has 0 saturated carbocycles. The Labute approximate surface area is 119 Å². The first kappa shape index (κ1) is 15.9. The monoisotopic (exact) mass is 283 g/mol. The Morgan fingerprint density at radius 3 is 2.63 bits per heavy atom. The van der Waals surface area contributed by atoms with Crippen LogP contribution in [0.25, 0.3) is 0 Å². The van der Waals surface area contributed by atoms with E-state index in [9.17, 15) is 0 Å². The van der Waals surface area contributed by atoms with Gasteiger partial charge in [-0.1, -0.05) is 24.4 Å². The van der Waals surface area contributed by atoms with Gasteiger partial charge in [-0.15, -0.1) is 0 Å². The van der Waals surface area contributed by atoms with Gasteiger partial charge in [0.15, 0.2) is 0 Å². The standard InChI is InChI=1S/C14H21NO3S/c1-11(2)17-8-6-16-7-9-18-13-5-3-4-12(10-13)14(15)19/h3-5,10-11H,6-9H2,1-2H3,(H2,15,19). The van der Waals surface area contributed by atoms with Gasteiger partial charge in [0.2, 0.25) is 0 Å². The summed E-state index contributed by atoms with van der Waals surface area (Å²) < 4.78 is 16.3. The maximum absolute atomic E-state index is 5.55. The van der Waals surface area contributed by atoms with Crippen LogP contribution in [0.3, 0.4) is 0 Å². The summed E-state index contributed by atoms with van der Waals surface area (Å²) in [5, 5.41) is 0. The Kier molecular flexibility index (Phi) is 7.40. The molecular weight excluding hydrogens is 262 g/mol. The van der Waals surface area contributed by atoms with E-state index in [1.54, 1.807) is 0 Å². The van der Waals surface area contributed by atoms with Crippen molar-refractivity contribution in [3.63, 3.8) is 0 Å². The summed E-state index contributed by atoms with van der Waals surface area (Å²) >= 11 is 4.91. The van der Waals surface area contributed by atoms with Gasteiger partial charge in [0, 0.05) is 5.56 Å². The Morgan fingerprint density at radius 1 is 1.21 bits per heavy atom. The molecule has 0 aliphatic heterocycles. The lowest BCUT2D eigenvalue weighted by atomic mass is 10.2. The van der Waals surface area contributed by atoms with E-state index >= 15 is 0 Å². The van der Waals surface area contributed by atoms with E-state index in [0.29, 0.717) is 31.4 Å². The fraction of sp³-hybridized carbons (Fsp3) is 0.500. The van der Waals surface area contributed by atoms with Gasteiger partial charge in [0.1, 0.15) is 17.3 Å². The Hall–Kier alpha value is -1.17. The predicted molar refractivity (Wildman–Crippen MR) is 79.7 cm³/mol. The van der Waals surface area contributed by atoms with Crippen LogP contribution in [0, 0.1) is 0 Å². The van der Waals surface area contributed by atoms with Crippen LogP contribution >= 0.6 is 12.2 Å². The Bertz CT molecular complexity index is 396. The highest BCUT2D eigenvalue weighted by Gasteiger charge is 1.99. The molecule has 106 valence electrons. The van der Waals surface area contributed by atoms with E-state index in [1.807, 2.05) is 38.1 Å². The number of hydrogen-bond donors (Lipinski definition) is 1. The van der Waals surface area contributed by atoms with Gasteiger partial charge in [0.05, 0.1) is 25.9 Å². The first-order chi connectivity index (χ1) is 9.09. The second-order valence-electron chi connectivity index (χ2n) is 4.27. The highest BCUT2D eigenvalue weighted by atomic mass is 32.1. The molecule has 1 aromatic carbocycles. The molecule has 0 radical (unpaired) electrons. The van der Waals surface area contributed by atoms with Gasteiger partial charge >= 0.3 is 0 Å². The van der Waals surface area contributed by atoms with Crippen molar-refractivity contribution in [2.45, 2.75) is 20.0 Å². The minimum atomic E-state index is 0.239. The van der Waals surface area contributed by atoms with Crippen LogP contribution in [0.15, 0.2) is 24.3 Å². The maximum atomic E-state index is 5.55. The average Bonchev–Trinajstić information content (AvgIpc) is 2.37. The topological polar surface area (TPSA) is 53.7 Å². The minimum absolute atomic E-state index is 0.239. The van der Waals surface area contributed by atoms with E-state index in [0.717, 1.165) is 11.3 Å². The third kappa shape index (κ3) is 7.10. The molecule has 1 aromatic rings. The SMILES string of the molecule is CC(C)OCCOCCOc1cccc(C(N)=S)c1. The molecule has 19 heavy (non-hydrogen) atoms. The van der Waals surface area contributed by atoms with Crippen LogP contribution in [-0.2, 0) is 9.47 Å². The van der Waals surface area contributed by atoms with Crippen LogP contribution < -0.4 is 10.5 Å². The van der Waals surface area contributed by atoms with Crippen molar-refractivity contribution in [1.29, 1.82) is 0 Å². The van der Waals surface area contributed by atoms with Crippen molar-refractivity contribution < 1.29 is 14.2 Å². The van der Waals surface area contributed by atoms with Crippen LogP contribution in [0.5, 0.6) is 5.75 Å². The Balaban J connectivity index is 2.15. The van der Waals surface area contributed by atoms with Crippen molar-refractivity contribution >= 4 is 17.2 Å². The van der Waals surface area contributed by atoms with Crippen molar-refractivity contribution in [2.75, 3.05) is 26.4 Å². The van der Waals surface area contributed by atoms with Gasteiger partial charge in [-0.05, 0) is 26.0 Å². The molecule has 0 bridgehead atoms. The number of rotatable bonds is 9. The minimum Gasteiger partial charge on any atom is -0.491 e. The molecule has 0 spiro atoms. The lowest BCUT2D eigenvalue weighted by Gasteiger charge is -2.09. The molecule has 5 heteroatoms. The zero-order valence-electron chi connectivity index (χ0n) is 11.4. The Morgan fingerprint density at radius 2 is 1.95 bits per heavy atom. The van der Waals surface area contributed by atoms with Gasteiger partial charge in [-0.2, -0.15) is 0 Å². The largest absolute Gasteiger partial charge is 0.491 e. The fourth-order valence-corrected chi connectivity index (χ4v) is 1.53. The van der Waals surface area contributed by atoms with Crippen molar-refractivity contribution in [3.8, 4) is 5.75 Å². The number of thiocarbonyl (C=S) groups is 1. The highest BCUT2D eigenvalue weighted by molar-refractivity contribution is 7.80. The lowest BCUT2D eigenvalue weighted by molar-refractivity contribution is 0.0124. The van der Waals surface area contributed by atoms with Crippen LogP contribution in [0.4, 0.5) is 0 Å². The molecular formula is C14H21NO3S. The molecule has 4 nitrogen and oxygen atoms in total. The van der Waals surface area contributed by atoms with Crippen molar-refractivity contribution in [3.05, 3.63) is 29.8 Å². The summed E-state index contributed by atoms with van der Waals surface area (Å²) in [4.78, 5) is 0.368. The van der Waals surface area contributed by atoms with Crippen molar-refractivity contribution in [2.24, 2.45) is 5.73 Å². The molecule has 0 atom stereocenters. The van der Waals surface area contributed by atoms with Gasteiger partial charge in [-0.3, -0.25) is 0 Å². The molecule has 0 unspecified atom stereocenters. The van der Waals surface area contributed by atoms with E-state index in [1.165, 1.54) is 0 Å². The van der Waals surface area contributed by atoms with E-state index < -0.39 is 0 Å². The van der Waals surface area contributed by atoms with Gasteiger partial charge in [0.25, 0.3) is 0 Å². The summed E-state index contributed by atoms with van der Waals surface area (Å²) in [5.74, 6) is 0.743. The summed E-state index contributed by atoms with van der Waals surface area (Å²) in [6, 6.07) is 7.41. The molecule has 0 saturated heterocycles. The number of ether oxygens (including phenoxy) is 3. The average molecular weight is 283 g/mol. The van der Waals surface area contributed by atoms with E-state index in [4.69, 9.17) is 32.2 Å². The number of benzene rings is 1. The van der Waals surface area contributed by atoms with Crippen LogP contribution in [0.2, 0.25) is 0 Å². The quantitative estimate of drug-likeness (QED) is 0.556. The first-order valence-electron chi connectivity index (χ1n) is 6.31. The fourth-order valence-electron chi connectivity index (χ4n) is 1.40. The molecule has 0 amide bonds. The second kappa shape index (κ2) is 8.85. The third-order valence-corrected chi connectivity index (χ3v) is 2.53. The van der Waals surface area contributed by atoms with Gasteiger partial charge < -0.3 is 19.9 Å². The number of hydrogen-bond acceptors (Lipinski definition) is 4. The zero-order chi connectivity index (χ0) is 14.1. The summed E-state index contributed by atoms with van der Waals surface area (Å²) in [6.45, 7) is 6.19. The molecule has 1 rings (SSSR count). The summed E-state index contributed by atoms with van der Waals surface area (Å²) in [6.07, 6.45) is 0.239. The van der Waals surface area contributed by atoms with E-state index in [2.05, 4.69) is 0 Å². The smallest absolute Gasteiger partial charge is 0.120 e. The molecule has 0 fully saturated rings. The normalized spacial score (nSPS) is 10.7. The first-order valence-corrected chi connectivity index (χ1v) is 6.72. The summed E-state index contributed by atoms with van der Waals surface area (Å²) in [7, 11) is 0. The summed E-state index contributed by atoms with van der Waals surface area (Å²) in [5.41, 5.74) is 6.36. The van der Waals surface area contributed by atoms with Crippen LogP contribution in [0.1, 0.15) is 19.4 Å². The molecule has 0 aliphatic carbocycles. The molecule has 0 aromatic heterocycles. The van der Waals surface area contributed by atoms with Crippen molar-refractivity contribution in [1.82, 2.24) is 0 Å². The zero-order valence-corrected chi connectivity index (χ0v) is 12.2. The molecule has 0 aliphatic rings. The predicted octanol–water partition coefficient (Wildman–Crippen LogP) is 2.14. The molecule has 2 N–H and O–H groups in total. The highest BCUT2D eigenvalue weighted by Crippen LogP contribution is 2.12. The third-order valence-electron chi connectivity index (χ3n) is 2.29. The van der Waals surface area contributed by atoms with Crippen LogP contribution in [-0.4, -0.2) is 37.5 Å². The lowest BCUT2D eigenvalue weighted by Crippen LogP contribution is -2.13. The maximum Gasteiger partial charge on any atom is 0.120 e. The van der Waals surface area contributed by atoms with Gasteiger partial charge in [-0.25, -0.2) is 0 Å². The van der Waals surface area contributed by atoms with E-state index in [-0.39, 0.29) is 6.10 Å².